The van der Waals surface area contributed by atoms with Crippen molar-refractivity contribution in [1.29, 1.82) is 0 Å². The second-order valence-corrected chi connectivity index (χ2v) is 5.06. The van der Waals surface area contributed by atoms with Crippen molar-refractivity contribution < 1.29 is 4.74 Å². The topological polar surface area (TPSA) is 21.3 Å². The van der Waals surface area contributed by atoms with Crippen molar-refractivity contribution in [2.75, 3.05) is 5.32 Å². The maximum Gasteiger partial charge on any atom is 0.138 e. The molecular formula is C16H18ClNO. The largest absolute Gasteiger partial charge is 0.489 e. The molecular weight excluding hydrogens is 258 g/mol. The third kappa shape index (κ3) is 4.18. The highest BCUT2D eigenvalue weighted by Crippen LogP contribution is 2.26. The van der Waals surface area contributed by atoms with Gasteiger partial charge in [-0.3, -0.25) is 0 Å². The molecule has 2 rings (SSSR count). The zero-order valence-corrected chi connectivity index (χ0v) is 11.9. The van der Waals surface area contributed by atoms with E-state index in [1.807, 2.05) is 62.4 Å². The average molecular weight is 276 g/mol. The fourth-order valence-electron chi connectivity index (χ4n) is 1.76. The van der Waals surface area contributed by atoms with Crippen LogP contribution in [0.1, 0.15) is 19.4 Å². The molecule has 0 fully saturated rings. The standard InChI is InChI=1S/C16H18ClNO/c1-12(2)19-16-9-8-13(10-15(16)17)11-18-14-6-4-3-5-7-14/h3-10,12,18H,11H2,1-2H3. The number of rotatable bonds is 5. The molecule has 0 saturated carbocycles. The second kappa shape index (κ2) is 6.48. The van der Waals surface area contributed by atoms with Crippen molar-refractivity contribution in [3.63, 3.8) is 0 Å². The molecule has 2 aromatic carbocycles. The SMILES string of the molecule is CC(C)Oc1ccc(CNc2ccccc2)cc1Cl. The Morgan fingerprint density at radius 3 is 2.47 bits per heavy atom. The Morgan fingerprint density at radius 1 is 1.11 bits per heavy atom. The summed E-state index contributed by atoms with van der Waals surface area (Å²) in [5.74, 6) is 0.736. The number of nitrogens with one attached hydrogen (secondary N) is 1. The van der Waals surface area contributed by atoms with Crippen LogP contribution in [0.5, 0.6) is 5.75 Å². The van der Waals surface area contributed by atoms with E-state index in [4.69, 9.17) is 16.3 Å². The molecule has 2 aromatic rings. The van der Waals surface area contributed by atoms with Crippen LogP contribution in [-0.4, -0.2) is 6.10 Å². The van der Waals surface area contributed by atoms with Gasteiger partial charge in [0.15, 0.2) is 0 Å². The monoisotopic (exact) mass is 275 g/mol. The van der Waals surface area contributed by atoms with Gasteiger partial charge in [-0.1, -0.05) is 35.9 Å². The molecule has 19 heavy (non-hydrogen) atoms. The van der Waals surface area contributed by atoms with Gasteiger partial charge in [0.1, 0.15) is 5.75 Å². The van der Waals surface area contributed by atoms with Crippen LogP contribution in [0.4, 0.5) is 5.69 Å². The molecule has 0 aliphatic carbocycles. The van der Waals surface area contributed by atoms with E-state index in [1.165, 1.54) is 0 Å². The number of hydrogen-bond donors (Lipinski definition) is 1. The molecule has 0 heterocycles. The van der Waals surface area contributed by atoms with Crippen molar-refractivity contribution in [1.82, 2.24) is 0 Å². The van der Waals surface area contributed by atoms with E-state index in [-0.39, 0.29) is 6.10 Å². The summed E-state index contributed by atoms with van der Waals surface area (Å²) in [5, 5.41) is 4.00. The fourth-order valence-corrected chi connectivity index (χ4v) is 2.01. The summed E-state index contributed by atoms with van der Waals surface area (Å²) in [7, 11) is 0. The van der Waals surface area contributed by atoms with Crippen molar-refractivity contribution >= 4 is 17.3 Å². The third-order valence-electron chi connectivity index (χ3n) is 2.63. The van der Waals surface area contributed by atoms with Crippen molar-refractivity contribution in [2.45, 2.75) is 26.5 Å². The Bertz CT molecular complexity index is 526. The highest BCUT2D eigenvalue weighted by atomic mass is 35.5. The molecule has 0 amide bonds. The Kier molecular flexibility index (Phi) is 4.69. The first-order valence-corrected chi connectivity index (χ1v) is 6.77. The highest BCUT2D eigenvalue weighted by Gasteiger charge is 2.05. The second-order valence-electron chi connectivity index (χ2n) is 4.65. The predicted molar refractivity (Wildman–Crippen MR) is 81.0 cm³/mol. The smallest absolute Gasteiger partial charge is 0.138 e. The molecule has 2 nitrogen and oxygen atoms in total. The average Bonchev–Trinajstić information content (AvgIpc) is 2.40. The Labute approximate surface area is 119 Å². The summed E-state index contributed by atoms with van der Waals surface area (Å²) in [4.78, 5) is 0. The molecule has 3 heteroatoms. The normalized spacial score (nSPS) is 10.5. The molecule has 0 unspecified atom stereocenters. The van der Waals surface area contributed by atoms with E-state index in [0.717, 1.165) is 23.5 Å². The van der Waals surface area contributed by atoms with Crippen LogP contribution in [0, 0.1) is 0 Å². The highest BCUT2D eigenvalue weighted by molar-refractivity contribution is 6.32. The zero-order valence-electron chi connectivity index (χ0n) is 11.2. The lowest BCUT2D eigenvalue weighted by molar-refractivity contribution is 0.242. The summed E-state index contributed by atoms with van der Waals surface area (Å²) < 4.78 is 5.61. The van der Waals surface area contributed by atoms with Crippen LogP contribution in [-0.2, 0) is 6.54 Å². The minimum absolute atomic E-state index is 0.130. The van der Waals surface area contributed by atoms with Crippen LogP contribution in [0.2, 0.25) is 5.02 Å². The molecule has 0 saturated heterocycles. The fraction of sp³-hybridized carbons (Fsp3) is 0.250. The van der Waals surface area contributed by atoms with Gasteiger partial charge in [0.25, 0.3) is 0 Å². The lowest BCUT2D eigenvalue weighted by Gasteiger charge is -2.13. The molecule has 0 bridgehead atoms. The zero-order chi connectivity index (χ0) is 13.7. The Balaban J connectivity index is 2.00. The number of hydrogen-bond acceptors (Lipinski definition) is 2. The molecule has 0 spiro atoms. The molecule has 0 atom stereocenters. The van der Waals surface area contributed by atoms with Gasteiger partial charge in [-0.15, -0.1) is 0 Å². The van der Waals surface area contributed by atoms with E-state index in [1.54, 1.807) is 0 Å². The lowest BCUT2D eigenvalue weighted by Crippen LogP contribution is -2.06. The van der Waals surface area contributed by atoms with E-state index in [0.29, 0.717) is 5.02 Å². The predicted octanol–water partition coefficient (Wildman–Crippen LogP) is 4.74. The van der Waals surface area contributed by atoms with Crippen LogP contribution < -0.4 is 10.1 Å². The van der Waals surface area contributed by atoms with Gasteiger partial charge in [-0.05, 0) is 43.7 Å². The minimum atomic E-state index is 0.130. The first-order chi connectivity index (χ1) is 9.15. The third-order valence-corrected chi connectivity index (χ3v) is 2.92. The number of halogens is 1. The molecule has 0 aliphatic heterocycles. The van der Waals surface area contributed by atoms with Gasteiger partial charge in [-0.25, -0.2) is 0 Å². The van der Waals surface area contributed by atoms with Crippen molar-refractivity contribution in [3.05, 3.63) is 59.1 Å². The Morgan fingerprint density at radius 2 is 1.84 bits per heavy atom. The van der Waals surface area contributed by atoms with E-state index >= 15 is 0 Å². The molecule has 1 N–H and O–H groups in total. The number of ether oxygens (including phenoxy) is 1. The number of anilines is 1. The number of para-hydroxylation sites is 1. The van der Waals surface area contributed by atoms with Gasteiger partial charge >= 0.3 is 0 Å². The number of benzene rings is 2. The minimum Gasteiger partial charge on any atom is -0.489 e. The van der Waals surface area contributed by atoms with Crippen molar-refractivity contribution in [2.24, 2.45) is 0 Å². The van der Waals surface area contributed by atoms with Gasteiger partial charge in [-0.2, -0.15) is 0 Å². The maximum atomic E-state index is 6.20. The van der Waals surface area contributed by atoms with E-state index in [9.17, 15) is 0 Å². The van der Waals surface area contributed by atoms with E-state index < -0.39 is 0 Å². The van der Waals surface area contributed by atoms with Crippen LogP contribution in [0.25, 0.3) is 0 Å². The summed E-state index contributed by atoms with van der Waals surface area (Å²) in [5.41, 5.74) is 2.23. The van der Waals surface area contributed by atoms with Crippen molar-refractivity contribution in [3.8, 4) is 5.75 Å². The maximum absolute atomic E-state index is 6.20. The first kappa shape index (κ1) is 13.8. The molecule has 100 valence electrons. The molecule has 0 radical (unpaired) electrons. The first-order valence-electron chi connectivity index (χ1n) is 6.39. The van der Waals surface area contributed by atoms with Gasteiger partial charge in [0.2, 0.25) is 0 Å². The van der Waals surface area contributed by atoms with Gasteiger partial charge in [0, 0.05) is 12.2 Å². The summed E-state index contributed by atoms with van der Waals surface area (Å²) in [6, 6.07) is 16.0. The van der Waals surface area contributed by atoms with Crippen LogP contribution in [0.15, 0.2) is 48.5 Å². The van der Waals surface area contributed by atoms with E-state index in [2.05, 4.69) is 5.32 Å². The molecule has 0 aromatic heterocycles. The van der Waals surface area contributed by atoms with Crippen LogP contribution >= 0.6 is 11.6 Å². The van der Waals surface area contributed by atoms with Gasteiger partial charge in [0.05, 0.1) is 11.1 Å². The summed E-state index contributed by atoms with van der Waals surface area (Å²) >= 11 is 6.20. The van der Waals surface area contributed by atoms with Gasteiger partial charge < -0.3 is 10.1 Å². The summed E-state index contributed by atoms with van der Waals surface area (Å²) in [6.07, 6.45) is 0.130. The molecule has 0 aliphatic rings. The van der Waals surface area contributed by atoms with Crippen LogP contribution in [0.3, 0.4) is 0 Å². The lowest BCUT2D eigenvalue weighted by atomic mass is 10.2. The quantitative estimate of drug-likeness (QED) is 0.851. The summed E-state index contributed by atoms with van der Waals surface area (Å²) in [6.45, 7) is 4.72. The Hall–Kier alpha value is -1.67.